The summed E-state index contributed by atoms with van der Waals surface area (Å²) in [6.07, 6.45) is 2.05. The number of ether oxygens (including phenoxy) is 4. The maximum absolute atomic E-state index is 13.2. The zero-order valence-corrected chi connectivity index (χ0v) is 17.3. The first-order chi connectivity index (χ1) is 14.1. The summed E-state index contributed by atoms with van der Waals surface area (Å²) >= 11 is 0. The molecule has 2 aromatic carbocycles. The lowest BCUT2D eigenvalue weighted by Gasteiger charge is -2.36. The van der Waals surface area contributed by atoms with Gasteiger partial charge in [0.25, 0.3) is 0 Å². The standard InChI is InChI=1S/C23H29NO5/c1-26-19-7-5-18(6-8-19)23(11-14-29-15-12-23)22(25)24-13-10-17-4-9-20(27-2)21(16-17)28-3/h4-9,16H,10-15H2,1-3H3,(H,24,25). The number of methoxy groups -OCH3 is 3. The van der Waals surface area contributed by atoms with E-state index >= 15 is 0 Å². The maximum Gasteiger partial charge on any atom is 0.230 e. The number of nitrogens with one attached hydrogen (secondary N) is 1. The normalized spacial score (nSPS) is 15.4. The van der Waals surface area contributed by atoms with E-state index in [1.165, 1.54) is 0 Å². The fraction of sp³-hybridized carbons (Fsp3) is 0.435. The Labute approximate surface area is 172 Å². The topological polar surface area (TPSA) is 66.0 Å². The van der Waals surface area contributed by atoms with Crippen LogP contribution >= 0.6 is 0 Å². The SMILES string of the molecule is COc1ccc(C2(C(=O)NCCc3ccc(OC)c(OC)c3)CCOCC2)cc1. The van der Waals surface area contributed by atoms with Gasteiger partial charge in [0.05, 0.1) is 26.7 Å². The third kappa shape index (κ3) is 4.65. The Kier molecular flexibility index (Phi) is 6.99. The third-order valence-corrected chi connectivity index (χ3v) is 5.57. The van der Waals surface area contributed by atoms with Gasteiger partial charge in [-0.25, -0.2) is 0 Å². The highest BCUT2D eigenvalue weighted by molar-refractivity contribution is 5.88. The zero-order chi connectivity index (χ0) is 20.7. The molecule has 3 rings (SSSR count). The van der Waals surface area contributed by atoms with Crippen LogP contribution in [0.1, 0.15) is 24.0 Å². The quantitative estimate of drug-likeness (QED) is 0.739. The molecule has 0 saturated carbocycles. The van der Waals surface area contributed by atoms with Crippen LogP contribution in [0.2, 0.25) is 0 Å². The highest BCUT2D eigenvalue weighted by atomic mass is 16.5. The molecule has 1 N–H and O–H groups in total. The molecule has 6 nitrogen and oxygen atoms in total. The largest absolute Gasteiger partial charge is 0.497 e. The minimum Gasteiger partial charge on any atom is -0.497 e. The summed E-state index contributed by atoms with van der Waals surface area (Å²) in [5.41, 5.74) is 1.51. The highest BCUT2D eigenvalue weighted by Crippen LogP contribution is 2.36. The molecule has 0 unspecified atom stereocenters. The molecule has 0 bridgehead atoms. The molecule has 29 heavy (non-hydrogen) atoms. The van der Waals surface area contributed by atoms with E-state index in [4.69, 9.17) is 18.9 Å². The van der Waals surface area contributed by atoms with E-state index < -0.39 is 5.41 Å². The van der Waals surface area contributed by atoms with Gasteiger partial charge in [-0.3, -0.25) is 4.79 Å². The van der Waals surface area contributed by atoms with E-state index in [9.17, 15) is 4.79 Å². The number of hydrogen-bond acceptors (Lipinski definition) is 5. The summed E-state index contributed by atoms with van der Waals surface area (Å²) in [4.78, 5) is 13.2. The van der Waals surface area contributed by atoms with Gasteiger partial charge in [0.2, 0.25) is 5.91 Å². The first-order valence-corrected chi connectivity index (χ1v) is 9.84. The first kappa shape index (κ1) is 21.0. The van der Waals surface area contributed by atoms with Crippen LogP contribution in [0.25, 0.3) is 0 Å². The molecule has 1 saturated heterocycles. The summed E-state index contributed by atoms with van der Waals surface area (Å²) in [5, 5.41) is 3.14. The average molecular weight is 399 g/mol. The average Bonchev–Trinajstić information content (AvgIpc) is 2.79. The third-order valence-electron chi connectivity index (χ3n) is 5.57. The highest BCUT2D eigenvalue weighted by Gasteiger charge is 2.41. The molecular formula is C23H29NO5. The van der Waals surface area contributed by atoms with E-state index in [0.717, 1.165) is 16.9 Å². The Hall–Kier alpha value is -2.73. The van der Waals surface area contributed by atoms with Gasteiger partial charge in [0, 0.05) is 19.8 Å². The molecule has 0 atom stereocenters. The van der Waals surface area contributed by atoms with E-state index in [1.54, 1.807) is 21.3 Å². The van der Waals surface area contributed by atoms with Gasteiger partial charge in [-0.2, -0.15) is 0 Å². The van der Waals surface area contributed by atoms with Crippen molar-refractivity contribution in [3.63, 3.8) is 0 Å². The van der Waals surface area contributed by atoms with Crippen LogP contribution in [0.4, 0.5) is 0 Å². The molecule has 156 valence electrons. The van der Waals surface area contributed by atoms with E-state index in [1.807, 2.05) is 42.5 Å². The van der Waals surface area contributed by atoms with Gasteiger partial charge in [-0.05, 0) is 54.7 Å². The molecule has 1 aliphatic heterocycles. The number of hydrogen-bond donors (Lipinski definition) is 1. The van der Waals surface area contributed by atoms with E-state index in [0.29, 0.717) is 50.5 Å². The lowest BCUT2D eigenvalue weighted by molar-refractivity contribution is -0.130. The van der Waals surface area contributed by atoms with Crippen molar-refractivity contribution < 1.29 is 23.7 Å². The molecule has 1 fully saturated rings. The van der Waals surface area contributed by atoms with Crippen molar-refractivity contribution >= 4 is 5.91 Å². The molecule has 2 aromatic rings. The summed E-state index contributed by atoms with van der Waals surface area (Å²) in [5.74, 6) is 2.22. The number of amides is 1. The smallest absolute Gasteiger partial charge is 0.230 e. The van der Waals surface area contributed by atoms with Crippen LogP contribution in [0, 0.1) is 0 Å². The molecule has 0 aromatic heterocycles. The van der Waals surface area contributed by atoms with E-state index in [2.05, 4.69) is 5.32 Å². The van der Waals surface area contributed by atoms with Gasteiger partial charge < -0.3 is 24.3 Å². The monoisotopic (exact) mass is 399 g/mol. The fourth-order valence-corrected chi connectivity index (χ4v) is 3.80. The molecule has 0 aliphatic carbocycles. The van der Waals surface area contributed by atoms with Crippen molar-refractivity contribution in [2.24, 2.45) is 0 Å². The Morgan fingerprint density at radius 2 is 1.66 bits per heavy atom. The minimum absolute atomic E-state index is 0.0476. The Bertz CT molecular complexity index is 813. The van der Waals surface area contributed by atoms with Crippen LogP contribution in [0.15, 0.2) is 42.5 Å². The van der Waals surface area contributed by atoms with Gasteiger partial charge >= 0.3 is 0 Å². The van der Waals surface area contributed by atoms with Crippen LogP contribution in [0.3, 0.4) is 0 Å². The summed E-state index contributed by atoms with van der Waals surface area (Å²) in [6, 6.07) is 13.6. The van der Waals surface area contributed by atoms with Gasteiger partial charge in [-0.1, -0.05) is 18.2 Å². The summed E-state index contributed by atoms with van der Waals surface area (Å²) in [7, 11) is 4.87. The number of carbonyl (C=O) groups excluding carboxylic acids is 1. The molecular weight excluding hydrogens is 370 g/mol. The lowest BCUT2D eigenvalue weighted by atomic mass is 9.73. The molecule has 1 heterocycles. The molecule has 0 spiro atoms. The maximum atomic E-state index is 13.2. The van der Waals surface area contributed by atoms with Crippen LogP contribution in [-0.4, -0.2) is 47.0 Å². The predicted octanol–water partition coefficient (Wildman–Crippen LogP) is 3.12. The number of rotatable bonds is 8. The minimum atomic E-state index is -0.567. The van der Waals surface area contributed by atoms with Crippen molar-refractivity contribution in [3.8, 4) is 17.2 Å². The molecule has 1 amide bonds. The zero-order valence-electron chi connectivity index (χ0n) is 17.3. The Balaban J connectivity index is 1.69. The Morgan fingerprint density at radius 1 is 0.966 bits per heavy atom. The molecule has 1 aliphatic rings. The number of carbonyl (C=O) groups is 1. The second kappa shape index (κ2) is 9.65. The van der Waals surface area contributed by atoms with Crippen molar-refractivity contribution in [1.29, 1.82) is 0 Å². The summed E-state index contributed by atoms with van der Waals surface area (Å²) in [6.45, 7) is 1.71. The first-order valence-electron chi connectivity index (χ1n) is 9.84. The lowest BCUT2D eigenvalue weighted by Crippen LogP contribution is -2.48. The van der Waals surface area contributed by atoms with Gasteiger partial charge in [-0.15, -0.1) is 0 Å². The molecule has 6 heteroatoms. The second-order valence-corrected chi connectivity index (χ2v) is 7.12. The van der Waals surface area contributed by atoms with E-state index in [-0.39, 0.29) is 5.91 Å². The van der Waals surface area contributed by atoms with Gasteiger partial charge in [0.1, 0.15) is 5.75 Å². The Morgan fingerprint density at radius 3 is 2.28 bits per heavy atom. The predicted molar refractivity (Wildman–Crippen MR) is 111 cm³/mol. The van der Waals surface area contributed by atoms with Crippen LogP contribution < -0.4 is 19.5 Å². The van der Waals surface area contributed by atoms with Crippen LogP contribution in [0.5, 0.6) is 17.2 Å². The second-order valence-electron chi connectivity index (χ2n) is 7.12. The van der Waals surface area contributed by atoms with Crippen molar-refractivity contribution in [1.82, 2.24) is 5.32 Å². The van der Waals surface area contributed by atoms with Crippen molar-refractivity contribution in [2.75, 3.05) is 41.1 Å². The molecule has 0 radical (unpaired) electrons. The van der Waals surface area contributed by atoms with Gasteiger partial charge in [0.15, 0.2) is 11.5 Å². The fourth-order valence-electron chi connectivity index (χ4n) is 3.80. The van der Waals surface area contributed by atoms with Crippen molar-refractivity contribution in [3.05, 3.63) is 53.6 Å². The summed E-state index contributed by atoms with van der Waals surface area (Å²) < 4.78 is 21.4. The van der Waals surface area contributed by atoms with Crippen LogP contribution in [-0.2, 0) is 21.4 Å². The van der Waals surface area contributed by atoms with Crippen molar-refractivity contribution in [2.45, 2.75) is 24.7 Å². The number of benzene rings is 2.